The van der Waals surface area contributed by atoms with Crippen LogP contribution in [0.5, 0.6) is 11.5 Å². The predicted molar refractivity (Wildman–Crippen MR) is 110 cm³/mol. The van der Waals surface area contributed by atoms with Crippen molar-refractivity contribution >= 4 is 17.6 Å². The largest absolute Gasteiger partial charge is 0.497 e. The van der Waals surface area contributed by atoms with Gasteiger partial charge in [0.25, 0.3) is 5.91 Å². The molecule has 1 fully saturated rings. The van der Waals surface area contributed by atoms with E-state index in [1.165, 1.54) is 0 Å². The van der Waals surface area contributed by atoms with E-state index in [1.807, 2.05) is 24.3 Å². The topological polar surface area (TPSA) is 66.4 Å². The number of piperazine rings is 1. The molecule has 1 aliphatic rings. The summed E-state index contributed by atoms with van der Waals surface area (Å²) in [6.45, 7) is 3.37. The maximum atomic E-state index is 12.9. The molecule has 0 aromatic heterocycles. The Morgan fingerprint density at radius 1 is 1.00 bits per heavy atom. The summed E-state index contributed by atoms with van der Waals surface area (Å²) < 4.78 is 10.6. The predicted octanol–water partition coefficient (Wildman–Crippen LogP) is 2.37. The number of rotatable bonds is 4. The Morgan fingerprint density at radius 2 is 1.75 bits per heavy atom. The molecule has 2 aromatic carbocycles. The number of benzene rings is 2. The SMILES string of the molecule is COc1cccc(C(=O)NC(=Nc2ccccc2OC)N2CCN(C)CC2)c1. The summed E-state index contributed by atoms with van der Waals surface area (Å²) in [4.78, 5) is 21.9. The molecule has 0 bridgehead atoms. The summed E-state index contributed by atoms with van der Waals surface area (Å²) >= 11 is 0. The van der Waals surface area contributed by atoms with Crippen molar-refractivity contribution < 1.29 is 14.3 Å². The second-order valence-electron chi connectivity index (χ2n) is 6.58. The van der Waals surface area contributed by atoms with Crippen LogP contribution in [-0.4, -0.2) is 69.1 Å². The number of amides is 1. The minimum atomic E-state index is -0.230. The average Bonchev–Trinajstić information content (AvgIpc) is 2.74. The molecule has 0 atom stereocenters. The van der Waals surface area contributed by atoms with Gasteiger partial charge in [-0.25, -0.2) is 4.99 Å². The van der Waals surface area contributed by atoms with Gasteiger partial charge in [0.05, 0.1) is 14.2 Å². The molecule has 7 nitrogen and oxygen atoms in total. The molecule has 0 aliphatic carbocycles. The zero-order valence-electron chi connectivity index (χ0n) is 16.5. The zero-order valence-corrected chi connectivity index (χ0v) is 16.5. The average molecular weight is 382 g/mol. The standard InChI is InChI=1S/C21H26N4O3/c1-24-11-13-25(14-12-24)21(22-18-9-4-5-10-19(18)28-3)23-20(26)16-7-6-8-17(15-16)27-2/h4-10,15H,11-14H2,1-3H3,(H,22,23,26). The highest BCUT2D eigenvalue weighted by Crippen LogP contribution is 2.26. The van der Waals surface area contributed by atoms with Crippen molar-refractivity contribution in [1.82, 2.24) is 15.1 Å². The summed E-state index contributed by atoms with van der Waals surface area (Å²) in [5.74, 6) is 1.58. The lowest BCUT2D eigenvalue weighted by molar-refractivity contribution is 0.0969. The van der Waals surface area contributed by atoms with Gasteiger partial charge in [-0.15, -0.1) is 0 Å². The molecule has 1 amide bonds. The molecule has 148 valence electrons. The van der Waals surface area contributed by atoms with Gasteiger partial charge in [-0.2, -0.15) is 0 Å². The highest BCUT2D eigenvalue weighted by Gasteiger charge is 2.21. The number of nitrogens with zero attached hydrogens (tertiary/aromatic N) is 3. The van der Waals surface area contributed by atoms with E-state index in [1.54, 1.807) is 38.5 Å². The van der Waals surface area contributed by atoms with Crippen LogP contribution in [0.25, 0.3) is 0 Å². The third kappa shape index (κ3) is 4.80. The quantitative estimate of drug-likeness (QED) is 0.650. The lowest BCUT2D eigenvalue weighted by atomic mass is 10.2. The van der Waals surface area contributed by atoms with Gasteiger partial charge in [0.1, 0.15) is 17.2 Å². The molecule has 1 N–H and O–H groups in total. The van der Waals surface area contributed by atoms with Gasteiger partial charge < -0.3 is 19.3 Å². The monoisotopic (exact) mass is 382 g/mol. The smallest absolute Gasteiger partial charge is 0.258 e. The first-order valence-electron chi connectivity index (χ1n) is 9.21. The molecule has 3 rings (SSSR count). The molecule has 1 saturated heterocycles. The number of aliphatic imine (C=N–C) groups is 1. The number of hydrogen-bond acceptors (Lipinski definition) is 5. The summed E-state index contributed by atoms with van der Waals surface area (Å²) in [6, 6.07) is 14.6. The minimum Gasteiger partial charge on any atom is -0.497 e. The first kappa shape index (κ1) is 19.7. The van der Waals surface area contributed by atoms with Gasteiger partial charge in [0.2, 0.25) is 5.96 Å². The second kappa shape index (κ2) is 9.23. The van der Waals surface area contributed by atoms with E-state index in [2.05, 4.69) is 22.2 Å². The molecule has 1 aliphatic heterocycles. The van der Waals surface area contributed by atoms with Crippen LogP contribution >= 0.6 is 0 Å². The first-order chi connectivity index (χ1) is 13.6. The summed E-state index contributed by atoms with van der Waals surface area (Å²) in [7, 11) is 5.28. The minimum absolute atomic E-state index is 0.230. The van der Waals surface area contributed by atoms with Crippen LogP contribution in [0.4, 0.5) is 5.69 Å². The van der Waals surface area contributed by atoms with Crippen LogP contribution in [-0.2, 0) is 0 Å². The van der Waals surface area contributed by atoms with Gasteiger partial charge in [-0.3, -0.25) is 10.1 Å². The molecule has 0 radical (unpaired) electrons. The molecule has 2 aromatic rings. The lowest BCUT2D eigenvalue weighted by Gasteiger charge is -2.34. The van der Waals surface area contributed by atoms with Crippen molar-refractivity contribution in [2.24, 2.45) is 4.99 Å². The van der Waals surface area contributed by atoms with E-state index in [-0.39, 0.29) is 5.91 Å². The fraction of sp³-hybridized carbons (Fsp3) is 0.333. The molecule has 1 heterocycles. The number of para-hydroxylation sites is 2. The second-order valence-corrected chi connectivity index (χ2v) is 6.58. The van der Waals surface area contributed by atoms with Gasteiger partial charge in [-0.1, -0.05) is 18.2 Å². The van der Waals surface area contributed by atoms with E-state index in [9.17, 15) is 4.79 Å². The molecule has 0 saturated carbocycles. The van der Waals surface area contributed by atoms with Crippen LogP contribution < -0.4 is 14.8 Å². The Bertz CT molecular complexity index is 845. The third-order valence-electron chi connectivity index (χ3n) is 4.67. The molecular weight excluding hydrogens is 356 g/mol. The normalized spacial score (nSPS) is 15.2. The van der Waals surface area contributed by atoms with E-state index in [0.717, 1.165) is 26.2 Å². The Kier molecular flexibility index (Phi) is 6.49. The number of guanidine groups is 1. The van der Waals surface area contributed by atoms with E-state index < -0.39 is 0 Å². The molecular formula is C21H26N4O3. The van der Waals surface area contributed by atoms with Gasteiger partial charge in [-0.05, 0) is 37.4 Å². The van der Waals surface area contributed by atoms with Crippen molar-refractivity contribution in [2.45, 2.75) is 0 Å². The van der Waals surface area contributed by atoms with Crippen LogP contribution in [0.15, 0.2) is 53.5 Å². The highest BCUT2D eigenvalue weighted by atomic mass is 16.5. The van der Waals surface area contributed by atoms with Gasteiger partial charge >= 0.3 is 0 Å². The molecule has 0 unspecified atom stereocenters. The van der Waals surface area contributed by atoms with E-state index in [4.69, 9.17) is 14.5 Å². The number of methoxy groups -OCH3 is 2. The Morgan fingerprint density at radius 3 is 2.46 bits per heavy atom. The number of ether oxygens (including phenoxy) is 2. The van der Waals surface area contributed by atoms with Crippen LogP contribution in [0.2, 0.25) is 0 Å². The number of nitrogens with one attached hydrogen (secondary N) is 1. The summed E-state index contributed by atoms with van der Waals surface area (Å²) in [6.07, 6.45) is 0. The Labute approximate surface area is 165 Å². The molecule has 7 heteroatoms. The fourth-order valence-corrected chi connectivity index (χ4v) is 2.97. The van der Waals surface area contributed by atoms with E-state index >= 15 is 0 Å². The fourth-order valence-electron chi connectivity index (χ4n) is 2.97. The highest BCUT2D eigenvalue weighted by molar-refractivity contribution is 6.06. The van der Waals surface area contributed by atoms with Crippen LogP contribution in [0.1, 0.15) is 10.4 Å². The maximum absolute atomic E-state index is 12.9. The Hall–Kier alpha value is -3.06. The van der Waals surface area contributed by atoms with Crippen molar-refractivity contribution in [3.05, 3.63) is 54.1 Å². The van der Waals surface area contributed by atoms with E-state index in [0.29, 0.717) is 28.7 Å². The summed E-state index contributed by atoms with van der Waals surface area (Å²) in [5, 5.41) is 2.98. The Balaban J connectivity index is 1.89. The van der Waals surface area contributed by atoms with Crippen molar-refractivity contribution in [3.8, 4) is 11.5 Å². The molecule has 0 spiro atoms. The van der Waals surface area contributed by atoms with Gasteiger partial charge in [0, 0.05) is 31.7 Å². The van der Waals surface area contributed by atoms with Crippen molar-refractivity contribution in [3.63, 3.8) is 0 Å². The van der Waals surface area contributed by atoms with Crippen molar-refractivity contribution in [2.75, 3.05) is 47.4 Å². The van der Waals surface area contributed by atoms with Crippen molar-refractivity contribution in [1.29, 1.82) is 0 Å². The number of carbonyl (C=O) groups is 1. The first-order valence-corrected chi connectivity index (χ1v) is 9.21. The van der Waals surface area contributed by atoms with Gasteiger partial charge in [0.15, 0.2) is 0 Å². The lowest BCUT2D eigenvalue weighted by Crippen LogP contribution is -2.52. The third-order valence-corrected chi connectivity index (χ3v) is 4.67. The maximum Gasteiger partial charge on any atom is 0.258 e. The number of likely N-dealkylation sites (N-methyl/N-ethyl adjacent to an activating group) is 1. The zero-order chi connectivity index (χ0) is 19.9. The number of carbonyl (C=O) groups excluding carboxylic acids is 1. The van der Waals surface area contributed by atoms with Crippen LogP contribution in [0, 0.1) is 0 Å². The van der Waals surface area contributed by atoms with Crippen LogP contribution in [0.3, 0.4) is 0 Å². The number of hydrogen-bond donors (Lipinski definition) is 1. The summed E-state index contributed by atoms with van der Waals surface area (Å²) in [5.41, 5.74) is 1.19. The molecule has 28 heavy (non-hydrogen) atoms.